The first-order valence-corrected chi connectivity index (χ1v) is 8.81. The van der Waals surface area contributed by atoms with E-state index >= 15 is 0 Å². The Morgan fingerprint density at radius 1 is 1.12 bits per heavy atom. The Morgan fingerprint density at radius 2 is 1.76 bits per heavy atom. The lowest BCUT2D eigenvalue weighted by Gasteiger charge is -2.36. The van der Waals surface area contributed by atoms with Gasteiger partial charge in [-0.15, -0.1) is 0 Å². The summed E-state index contributed by atoms with van der Waals surface area (Å²) in [6.07, 6.45) is 2.22. The number of carboxylic acids is 1. The number of amides is 2. The number of hydrogen-bond acceptors (Lipinski definition) is 3. The highest BCUT2D eigenvalue weighted by Crippen LogP contribution is 2.38. The first kappa shape index (κ1) is 17.5. The van der Waals surface area contributed by atoms with Gasteiger partial charge in [-0.25, -0.2) is 0 Å². The van der Waals surface area contributed by atoms with Crippen molar-refractivity contribution in [3.63, 3.8) is 0 Å². The Morgan fingerprint density at radius 3 is 2.32 bits per heavy atom. The van der Waals surface area contributed by atoms with Crippen molar-refractivity contribution >= 4 is 23.5 Å². The highest BCUT2D eigenvalue weighted by Gasteiger charge is 2.39. The Labute approximate surface area is 147 Å². The number of carboxylic acid groups (broad SMARTS) is 1. The maximum atomic E-state index is 12.7. The number of anilines is 1. The average molecular weight is 344 g/mol. The zero-order valence-corrected chi connectivity index (χ0v) is 14.6. The fourth-order valence-electron chi connectivity index (χ4n) is 3.38. The van der Waals surface area contributed by atoms with E-state index in [1.54, 1.807) is 29.2 Å². The topological polar surface area (TPSA) is 86.7 Å². The summed E-state index contributed by atoms with van der Waals surface area (Å²) in [6, 6.07) is 6.85. The third-order valence-electron chi connectivity index (χ3n) is 5.34. The number of benzene rings is 1. The van der Waals surface area contributed by atoms with Crippen LogP contribution in [0, 0.1) is 17.8 Å². The van der Waals surface area contributed by atoms with Gasteiger partial charge in [-0.2, -0.15) is 0 Å². The van der Waals surface area contributed by atoms with Crippen LogP contribution in [-0.2, 0) is 9.59 Å². The largest absolute Gasteiger partial charge is 0.481 e. The predicted molar refractivity (Wildman–Crippen MR) is 93.2 cm³/mol. The smallest absolute Gasteiger partial charge is 0.308 e. The first-order chi connectivity index (χ1) is 11.9. The molecule has 6 nitrogen and oxygen atoms in total. The fraction of sp³-hybridized carbons (Fsp3) is 0.526. The molecule has 2 N–H and O–H groups in total. The summed E-state index contributed by atoms with van der Waals surface area (Å²) in [4.78, 5) is 37.5. The van der Waals surface area contributed by atoms with Crippen LogP contribution in [0.4, 0.5) is 5.69 Å². The summed E-state index contributed by atoms with van der Waals surface area (Å²) in [6.45, 7) is 4.24. The molecule has 1 saturated heterocycles. The molecule has 2 fully saturated rings. The normalized spacial score (nSPS) is 28.3. The summed E-state index contributed by atoms with van der Waals surface area (Å²) >= 11 is 0. The van der Waals surface area contributed by atoms with Crippen LogP contribution in [0.1, 0.15) is 43.5 Å². The lowest BCUT2D eigenvalue weighted by atomic mass is 9.93. The molecule has 1 saturated carbocycles. The van der Waals surface area contributed by atoms with Gasteiger partial charge in [0.25, 0.3) is 5.91 Å². The van der Waals surface area contributed by atoms with Crippen molar-refractivity contribution in [1.29, 1.82) is 0 Å². The number of hydrogen-bond donors (Lipinski definition) is 2. The molecule has 1 aliphatic heterocycles. The molecule has 0 spiro atoms. The van der Waals surface area contributed by atoms with Gasteiger partial charge in [0, 0.05) is 29.8 Å². The zero-order chi connectivity index (χ0) is 18.1. The molecular weight excluding hydrogens is 320 g/mol. The maximum Gasteiger partial charge on any atom is 0.308 e. The van der Waals surface area contributed by atoms with Gasteiger partial charge in [0.1, 0.15) is 0 Å². The Bertz CT molecular complexity index is 685. The molecule has 0 bridgehead atoms. The molecule has 1 aromatic rings. The zero-order valence-electron chi connectivity index (χ0n) is 14.6. The molecular formula is C19H24N2O4. The minimum absolute atomic E-state index is 0.0267. The van der Waals surface area contributed by atoms with Crippen molar-refractivity contribution in [3.8, 4) is 0 Å². The Kier molecular flexibility index (Phi) is 4.79. The van der Waals surface area contributed by atoms with Gasteiger partial charge >= 0.3 is 5.97 Å². The lowest BCUT2D eigenvalue weighted by Crippen LogP contribution is -2.47. The molecule has 2 amide bonds. The van der Waals surface area contributed by atoms with Gasteiger partial charge in [-0.1, -0.05) is 6.92 Å². The minimum atomic E-state index is -0.850. The maximum absolute atomic E-state index is 12.7. The van der Waals surface area contributed by atoms with E-state index in [2.05, 4.69) is 12.2 Å². The van der Waals surface area contributed by atoms with E-state index in [1.807, 2.05) is 6.92 Å². The average Bonchev–Trinajstić information content (AvgIpc) is 3.32. The van der Waals surface area contributed by atoms with E-state index in [0.29, 0.717) is 30.0 Å². The quantitative estimate of drug-likeness (QED) is 0.879. The van der Waals surface area contributed by atoms with E-state index in [0.717, 1.165) is 6.42 Å². The molecule has 25 heavy (non-hydrogen) atoms. The number of nitrogens with zero attached hydrogens (tertiary/aromatic N) is 1. The van der Waals surface area contributed by atoms with E-state index in [-0.39, 0.29) is 30.3 Å². The minimum Gasteiger partial charge on any atom is -0.481 e. The van der Waals surface area contributed by atoms with Gasteiger partial charge in [0.2, 0.25) is 5.91 Å². The number of rotatable bonds is 4. The van der Waals surface area contributed by atoms with Crippen molar-refractivity contribution in [3.05, 3.63) is 29.8 Å². The van der Waals surface area contributed by atoms with E-state index < -0.39 is 11.9 Å². The summed E-state index contributed by atoms with van der Waals surface area (Å²) < 4.78 is 0. The van der Waals surface area contributed by atoms with Crippen LogP contribution in [-0.4, -0.2) is 40.4 Å². The molecule has 4 atom stereocenters. The van der Waals surface area contributed by atoms with Crippen molar-refractivity contribution in [2.24, 2.45) is 17.8 Å². The van der Waals surface area contributed by atoms with Gasteiger partial charge in [-0.3, -0.25) is 14.4 Å². The van der Waals surface area contributed by atoms with Crippen LogP contribution in [0.25, 0.3) is 0 Å². The van der Waals surface area contributed by atoms with Crippen molar-refractivity contribution in [1.82, 2.24) is 4.90 Å². The van der Waals surface area contributed by atoms with Gasteiger partial charge in [0.15, 0.2) is 0 Å². The van der Waals surface area contributed by atoms with Crippen molar-refractivity contribution in [2.45, 2.75) is 39.2 Å². The number of carbonyl (C=O) groups is 3. The second kappa shape index (κ2) is 6.86. The molecule has 134 valence electrons. The first-order valence-electron chi connectivity index (χ1n) is 8.81. The van der Waals surface area contributed by atoms with Crippen molar-refractivity contribution in [2.75, 3.05) is 11.9 Å². The second-order valence-corrected chi connectivity index (χ2v) is 7.31. The second-order valence-electron chi connectivity index (χ2n) is 7.31. The van der Waals surface area contributed by atoms with Crippen LogP contribution < -0.4 is 5.32 Å². The number of likely N-dealkylation sites (tertiary alicyclic amines) is 1. The lowest BCUT2D eigenvalue weighted by molar-refractivity contribution is -0.143. The number of aliphatic carboxylic acids is 1. The molecule has 0 aromatic heterocycles. The van der Waals surface area contributed by atoms with Gasteiger partial charge in [-0.05, 0) is 56.4 Å². The molecule has 3 rings (SSSR count). The third-order valence-corrected chi connectivity index (χ3v) is 5.34. The molecule has 1 aliphatic carbocycles. The van der Waals surface area contributed by atoms with E-state index in [9.17, 15) is 19.5 Å². The summed E-state index contributed by atoms with van der Waals surface area (Å²) in [5.74, 6) is -0.934. The predicted octanol–water partition coefficient (Wildman–Crippen LogP) is 2.61. The Hall–Kier alpha value is -2.37. The van der Waals surface area contributed by atoms with Crippen LogP contribution in [0.5, 0.6) is 0 Å². The standard InChI is InChI=1S/C19H24N2O4/c1-11-9-16(11)17(22)20-15-7-5-13(6-8-15)18(23)21-10-14(19(24)25)4-3-12(21)2/h5-8,11-12,14,16H,3-4,9-10H2,1-2H3,(H,20,22)(H,24,25). The van der Waals surface area contributed by atoms with Crippen LogP contribution in [0.15, 0.2) is 24.3 Å². The molecule has 1 heterocycles. The fourth-order valence-corrected chi connectivity index (χ4v) is 3.38. The van der Waals surface area contributed by atoms with Gasteiger partial charge < -0.3 is 15.3 Å². The van der Waals surface area contributed by atoms with E-state index in [1.165, 1.54) is 0 Å². The molecule has 2 aliphatic rings. The van der Waals surface area contributed by atoms with Crippen LogP contribution >= 0.6 is 0 Å². The highest BCUT2D eigenvalue weighted by molar-refractivity contribution is 5.97. The van der Waals surface area contributed by atoms with Crippen LogP contribution in [0.2, 0.25) is 0 Å². The van der Waals surface area contributed by atoms with Gasteiger partial charge in [0.05, 0.1) is 5.92 Å². The summed E-state index contributed by atoms with van der Waals surface area (Å²) in [5, 5.41) is 12.1. The molecule has 6 heteroatoms. The molecule has 1 aromatic carbocycles. The van der Waals surface area contributed by atoms with E-state index in [4.69, 9.17) is 0 Å². The van der Waals surface area contributed by atoms with Crippen molar-refractivity contribution < 1.29 is 19.5 Å². The third kappa shape index (κ3) is 3.83. The summed E-state index contributed by atoms with van der Waals surface area (Å²) in [5.41, 5.74) is 1.19. The number of nitrogens with one attached hydrogen (secondary N) is 1. The molecule has 0 radical (unpaired) electrons. The van der Waals surface area contributed by atoms with Crippen LogP contribution in [0.3, 0.4) is 0 Å². The highest BCUT2D eigenvalue weighted by atomic mass is 16.4. The molecule has 4 unspecified atom stereocenters. The Balaban J connectivity index is 1.65. The SMILES string of the molecule is CC1CC1C(=O)Nc1ccc(C(=O)N2CC(C(=O)O)CCC2C)cc1. The number of carbonyl (C=O) groups excluding carboxylic acids is 2. The summed E-state index contributed by atoms with van der Waals surface area (Å²) in [7, 11) is 0. The number of piperidine rings is 1. The monoisotopic (exact) mass is 344 g/mol.